The molecule has 0 aromatic heterocycles. The number of nitrogens with zero attached hydrogens (tertiary/aromatic N) is 1. The largest absolute Gasteiger partial charge is 0.351 e. The van der Waals surface area contributed by atoms with Crippen molar-refractivity contribution >= 4 is 0 Å². The van der Waals surface area contributed by atoms with Gasteiger partial charge in [0.2, 0.25) is 0 Å². The predicted octanol–water partition coefficient (Wildman–Crippen LogP) is 3.58. The van der Waals surface area contributed by atoms with E-state index in [4.69, 9.17) is 5.73 Å². The maximum atomic E-state index is 6.30. The van der Waals surface area contributed by atoms with Gasteiger partial charge in [-0.05, 0) is 29.0 Å². The van der Waals surface area contributed by atoms with E-state index in [1.807, 2.05) is 0 Å². The summed E-state index contributed by atoms with van der Waals surface area (Å²) in [6, 6.07) is 10.5. The molecule has 1 atom stereocenters. The third-order valence-electron chi connectivity index (χ3n) is 4.05. The van der Waals surface area contributed by atoms with Crippen molar-refractivity contribution in [3.63, 3.8) is 0 Å². The third kappa shape index (κ3) is 2.56. The van der Waals surface area contributed by atoms with Crippen molar-refractivity contribution in [2.75, 3.05) is 0 Å². The van der Waals surface area contributed by atoms with Crippen LogP contribution in [-0.4, -0.2) is 11.1 Å². The predicted molar refractivity (Wildman–Crippen MR) is 83.7 cm³/mol. The fraction of sp³-hybridized carbons (Fsp3) is 0.333. The number of hydrogen-bond donors (Lipinski definition) is 1. The van der Waals surface area contributed by atoms with E-state index in [1.54, 1.807) is 0 Å². The van der Waals surface area contributed by atoms with Gasteiger partial charge in [-0.2, -0.15) is 0 Å². The van der Waals surface area contributed by atoms with Crippen molar-refractivity contribution in [1.82, 2.24) is 4.90 Å². The molecule has 3 rings (SSSR count). The highest BCUT2D eigenvalue weighted by Crippen LogP contribution is 2.38. The molecule has 1 aliphatic carbocycles. The van der Waals surface area contributed by atoms with Crippen LogP contribution in [0, 0.1) is 5.41 Å². The highest BCUT2D eigenvalue weighted by Gasteiger charge is 2.29. The molecule has 2 aliphatic rings. The van der Waals surface area contributed by atoms with Gasteiger partial charge in [-0.3, -0.25) is 0 Å². The number of allylic oxidation sites excluding steroid dienone is 5. The van der Waals surface area contributed by atoms with E-state index >= 15 is 0 Å². The second-order valence-corrected chi connectivity index (χ2v) is 6.36. The molecule has 20 heavy (non-hydrogen) atoms. The van der Waals surface area contributed by atoms with Gasteiger partial charge in [0, 0.05) is 12.2 Å². The molecule has 1 unspecified atom stereocenters. The van der Waals surface area contributed by atoms with Crippen molar-refractivity contribution in [1.29, 1.82) is 0 Å². The fourth-order valence-electron chi connectivity index (χ4n) is 2.89. The molecule has 0 radical (unpaired) electrons. The Morgan fingerprint density at radius 2 is 1.95 bits per heavy atom. The lowest BCUT2D eigenvalue weighted by Crippen LogP contribution is -2.43. The summed E-state index contributed by atoms with van der Waals surface area (Å²) < 4.78 is 0. The zero-order valence-corrected chi connectivity index (χ0v) is 12.2. The number of benzene rings is 1. The Labute approximate surface area is 121 Å². The van der Waals surface area contributed by atoms with Crippen molar-refractivity contribution < 1.29 is 0 Å². The van der Waals surface area contributed by atoms with Gasteiger partial charge < -0.3 is 10.6 Å². The zero-order valence-electron chi connectivity index (χ0n) is 12.2. The molecular weight excluding hydrogens is 244 g/mol. The Hall–Kier alpha value is -1.80. The maximum absolute atomic E-state index is 6.30. The van der Waals surface area contributed by atoms with E-state index in [0.717, 1.165) is 13.0 Å². The van der Waals surface area contributed by atoms with Crippen LogP contribution < -0.4 is 5.73 Å². The summed E-state index contributed by atoms with van der Waals surface area (Å²) in [5, 5.41) is 0. The molecule has 0 saturated carbocycles. The van der Waals surface area contributed by atoms with Crippen LogP contribution in [0.25, 0.3) is 0 Å². The molecular formula is C18H22N2. The molecule has 2 nitrogen and oxygen atoms in total. The average molecular weight is 266 g/mol. The Morgan fingerprint density at radius 1 is 1.20 bits per heavy atom. The molecule has 2 N–H and O–H groups in total. The summed E-state index contributed by atoms with van der Waals surface area (Å²) in [5.41, 5.74) is 10.5. The van der Waals surface area contributed by atoms with Gasteiger partial charge in [-0.1, -0.05) is 62.4 Å². The minimum Gasteiger partial charge on any atom is -0.351 e. The minimum absolute atomic E-state index is 0.0312. The van der Waals surface area contributed by atoms with E-state index in [0.29, 0.717) is 0 Å². The van der Waals surface area contributed by atoms with Crippen molar-refractivity contribution in [3.05, 3.63) is 71.5 Å². The fourth-order valence-corrected chi connectivity index (χ4v) is 2.89. The van der Waals surface area contributed by atoms with Crippen LogP contribution in [0.1, 0.15) is 25.8 Å². The van der Waals surface area contributed by atoms with Crippen LogP contribution in [0.4, 0.5) is 0 Å². The number of nitrogens with two attached hydrogens (primary N) is 1. The average Bonchev–Trinajstić information content (AvgIpc) is 2.43. The van der Waals surface area contributed by atoms with Crippen LogP contribution in [0.15, 0.2) is 65.9 Å². The summed E-state index contributed by atoms with van der Waals surface area (Å²) in [7, 11) is 0. The molecule has 1 aromatic rings. The zero-order chi connectivity index (χ0) is 14.2. The third-order valence-corrected chi connectivity index (χ3v) is 4.05. The topological polar surface area (TPSA) is 29.3 Å². The molecule has 1 aliphatic heterocycles. The van der Waals surface area contributed by atoms with Crippen molar-refractivity contribution in [2.24, 2.45) is 11.1 Å². The quantitative estimate of drug-likeness (QED) is 0.886. The normalized spacial score (nSPS) is 23.9. The van der Waals surface area contributed by atoms with Gasteiger partial charge in [-0.25, -0.2) is 0 Å². The second-order valence-electron chi connectivity index (χ2n) is 6.36. The molecule has 1 heterocycles. The van der Waals surface area contributed by atoms with Gasteiger partial charge in [0.25, 0.3) is 0 Å². The Balaban J connectivity index is 1.91. The molecule has 0 saturated heterocycles. The lowest BCUT2D eigenvalue weighted by atomic mass is 9.80. The van der Waals surface area contributed by atoms with Crippen LogP contribution in [0.2, 0.25) is 0 Å². The first kappa shape index (κ1) is 13.2. The second kappa shape index (κ2) is 4.95. The van der Waals surface area contributed by atoms with E-state index in [9.17, 15) is 0 Å². The Morgan fingerprint density at radius 3 is 2.70 bits per heavy atom. The summed E-state index contributed by atoms with van der Waals surface area (Å²) in [6.45, 7) is 5.42. The smallest absolute Gasteiger partial charge is 0.0965 e. The molecule has 0 fully saturated rings. The van der Waals surface area contributed by atoms with Gasteiger partial charge in [-0.15, -0.1) is 0 Å². The standard InChI is InChI=1S/C18H22N2/c1-18(2)11-10-15-8-9-17(19)20(16(15)12-18)13-14-6-4-3-5-7-14/h3-11,17H,12-13,19H2,1-2H3. The van der Waals surface area contributed by atoms with E-state index in [1.165, 1.54) is 16.8 Å². The highest BCUT2D eigenvalue weighted by molar-refractivity contribution is 5.43. The highest BCUT2D eigenvalue weighted by atomic mass is 15.2. The Bertz CT molecular complexity index is 579. The molecule has 1 aromatic carbocycles. The summed E-state index contributed by atoms with van der Waals surface area (Å²) in [6.07, 6.45) is 9.80. The summed E-state index contributed by atoms with van der Waals surface area (Å²) in [4.78, 5) is 2.33. The molecule has 0 bridgehead atoms. The lowest BCUT2D eigenvalue weighted by molar-refractivity contribution is 0.249. The number of rotatable bonds is 2. The monoisotopic (exact) mass is 266 g/mol. The molecule has 0 amide bonds. The Kier molecular flexibility index (Phi) is 3.27. The maximum Gasteiger partial charge on any atom is 0.0965 e. The SMILES string of the molecule is CC1(C)C=CC2=C(C1)N(Cc1ccccc1)C(N)C=C2. The van der Waals surface area contributed by atoms with E-state index < -0.39 is 0 Å². The van der Waals surface area contributed by atoms with Crippen LogP contribution in [-0.2, 0) is 6.54 Å². The molecule has 2 heteroatoms. The molecule has 0 spiro atoms. The molecule has 104 valence electrons. The van der Waals surface area contributed by atoms with Crippen molar-refractivity contribution in [2.45, 2.75) is 33.0 Å². The van der Waals surface area contributed by atoms with E-state index in [-0.39, 0.29) is 11.6 Å². The van der Waals surface area contributed by atoms with Gasteiger partial charge in [0.05, 0.1) is 6.17 Å². The van der Waals surface area contributed by atoms with Gasteiger partial charge in [0.1, 0.15) is 0 Å². The minimum atomic E-state index is -0.0312. The van der Waals surface area contributed by atoms with Gasteiger partial charge >= 0.3 is 0 Å². The van der Waals surface area contributed by atoms with Crippen molar-refractivity contribution in [3.8, 4) is 0 Å². The van der Waals surface area contributed by atoms with Crippen LogP contribution in [0.5, 0.6) is 0 Å². The van der Waals surface area contributed by atoms with E-state index in [2.05, 4.69) is 73.4 Å². The first-order chi connectivity index (χ1) is 9.55. The van der Waals surface area contributed by atoms with Crippen LogP contribution >= 0.6 is 0 Å². The summed E-state index contributed by atoms with van der Waals surface area (Å²) >= 11 is 0. The number of hydrogen-bond acceptors (Lipinski definition) is 2. The van der Waals surface area contributed by atoms with Gasteiger partial charge in [0.15, 0.2) is 0 Å². The van der Waals surface area contributed by atoms with Crippen LogP contribution in [0.3, 0.4) is 0 Å². The lowest BCUT2D eigenvalue weighted by Gasteiger charge is -2.40. The first-order valence-electron chi connectivity index (χ1n) is 7.22. The summed E-state index contributed by atoms with van der Waals surface area (Å²) in [5.74, 6) is 0. The first-order valence-corrected chi connectivity index (χ1v) is 7.22.